The van der Waals surface area contributed by atoms with Crippen molar-refractivity contribution < 1.29 is 39.6 Å². The van der Waals surface area contributed by atoms with Gasteiger partial charge in [-0.2, -0.15) is 19.0 Å². The lowest BCUT2D eigenvalue weighted by Gasteiger charge is -2.24. The Morgan fingerprint density at radius 3 is 2.35 bits per heavy atom. The number of carbonyl (C=O) groups is 1. The van der Waals surface area contributed by atoms with Gasteiger partial charge in [-0.3, -0.25) is 28.2 Å². The van der Waals surface area contributed by atoms with E-state index in [1.165, 1.54) is 36.0 Å². The summed E-state index contributed by atoms with van der Waals surface area (Å²) >= 11 is 6.64. The molecular formula is C41H33ClF6N10O4S. The highest BCUT2D eigenvalue weighted by molar-refractivity contribution is 7.92. The number of nitrogens with one attached hydrogen (secondary N) is 2. The van der Waals surface area contributed by atoms with E-state index in [1.807, 2.05) is 0 Å². The molecule has 14 nitrogen and oxygen atoms in total. The Labute approximate surface area is 358 Å². The van der Waals surface area contributed by atoms with Crippen LogP contribution in [0.2, 0.25) is 5.02 Å². The van der Waals surface area contributed by atoms with Crippen molar-refractivity contribution in [3.8, 4) is 17.1 Å². The van der Waals surface area contributed by atoms with E-state index in [-0.39, 0.29) is 61.7 Å². The van der Waals surface area contributed by atoms with Crippen LogP contribution in [-0.4, -0.2) is 59.7 Å². The fourth-order valence-corrected chi connectivity index (χ4v) is 9.31. The topological polar surface area (TPSA) is 172 Å². The average Bonchev–Trinajstić information content (AvgIpc) is 3.72. The second-order valence-corrected chi connectivity index (χ2v) is 17.9. The second-order valence-electron chi connectivity index (χ2n) is 15.7. The summed E-state index contributed by atoms with van der Waals surface area (Å²) in [4.78, 5) is 43.1. The molecule has 4 aromatic heterocycles. The number of alkyl halides is 4. The Hall–Kier alpha value is -6.35. The first-order valence-corrected chi connectivity index (χ1v) is 21.5. The van der Waals surface area contributed by atoms with Crippen LogP contribution in [0.25, 0.3) is 38.9 Å². The third kappa shape index (κ3) is 7.45. The number of nitrogens with zero attached hydrogens (tertiary/aromatic N) is 8. The third-order valence-corrected chi connectivity index (χ3v) is 11.9. The number of carbonyl (C=O) groups excluding carboxylic acids is 1. The second kappa shape index (κ2) is 14.9. The SMILES string of the molecule is Cc1cc(C)nc(-c2ccc3c(=O)n(-c4ccc(Cl)c5c(NS(C)(=O)=O)nn(C)c45)c(C(Cc4cc(F)cc(F)c4)NC(=O)Cn4nc(C(F)F)c5c4C(F)(F)[C@@H]4C[C@H]54)nc3c2)n1. The highest BCUT2D eigenvalue weighted by atomic mass is 35.5. The van der Waals surface area contributed by atoms with Gasteiger partial charge in [-0.15, -0.1) is 0 Å². The number of aromatic nitrogens is 8. The van der Waals surface area contributed by atoms with E-state index in [2.05, 4.69) is 30.2 Å². The predicted octanol–water partition coefficient (Wildman–Crippen LogP) is 7.09. The van der Waals surface area contributed by atoms with Gasteiger partial charge >= 0.3 is 0 Å². The first kappa shape index (κ1) is 42.0. The molecule has 22 heteroatoms. The first-order valence-electron chi connectivity index (χ1n) is 19.2. The van der Waals surface area contributed by atoms with Gasteiger partial charge in [0.1, 0.15) is 35.4 Å². The maximum atomic E-state index is 15.5. The van der Waals surface area contributed by atoms with E-state index in [0.717, 1.165) is 23.0 Å². The zero-order valence-corrected chi connectivity index (χ0v) is 35.0. The van der Waals surface area contributed by atoms with Crippen molar-refractivity contribution in [3.05, 3.63) is 121 Å². The molecule has 2 N–H and O–H groups in total. The van der Waals surface area contributed by atoms with Gasteiger partial charge in [0.05, 0.1) is 44.8 Å². The summed E-state index contributed by atoms with van der Waals surface area (Å²) in [5.74, 6) is -8.77. The molecule has 4 heterocycles. The van der Waals surface area contributed by atoms with Crippen LogP contribution in [0.15, 0.2) is 59.4 Å². The van der Waals surface area contributed by atoms with Crippen molar-refractivity contribution in [2.24, 2.45) is 13.0 Å². The fraction of sp³-hybridized carbons (Fsp3) is 0.293. The predicted molar refractivity (Wildman–Crippen MR) is 218 cm³/mol. The van der Waals surface area contributed by atoms with Crippen LogP contribution < -0.4 is 15.6 Å². The van der Waals surface area contributed by atoms with Crippen LogP contribution in [-0.2, 0) is 40.8 Å². The molecule has 326 valence electrons. The van der Waals surface area contributed by atoms with Crippen LogP contribution in [0.1, 0.15) is 64.5 Å². The van der Waals surface area contributed by atoms with Gasteiger partial charge in [-0.25, -0.2) is 40.9 Å². The number of anilines is 1. The Balaban J connectivity index is 1.26. The molecule has 0 saturated heterocycles. The van der Waals surface area contributed by atoms with Gasteiger partial charge in [0.2, 0.25) is 15.9 Å². The van der Waals surface area contributed by atoms with E-state index >= 15 is 13.6 Å². The van der Waals surface area contributed by atoms with E-state index in [4.69, 9.17) is 16.6 Å². The molecule has 0 radical (unpaired) electrons. The molecular weight excluding hydrogens is 878 g/mol. The maximum Gasteiger partial charge on any atom is 0.293 e. The average molecular weight is 911 g/mol. The smallest absolute Gasteiger partial charge is 0.293 e. The summed E-state index contributed by atoms with van der Waals surface area (Å²) in [6, 6.07) is 10.2. The lowest BCUT2D eigenvalue weighted by atomic mass is 10.0. The highest BCUT2D eigenvalue weighted by Crippen LogP contribution is 2.68. The van der Waals surface area contributed by atoms with Crippen molar-refractivity contribution in [3.63, 3.8) is 0 Å². The third-order valence-electron chi connectivity index (χ3n) is 11.0. The van der Waals surface area contributed by atoms with Gasteiger partial charge in [0.15, 0.2) is 11.6 Å². The number of hydrogen-bond acceptors (Lipinski definition) is 9. The minimum atomic E-state index is -3.92. The molecule has 2 aliphatic rings. The largest absolute Gasteiger partial charge is 0.344 e. The van der Waals surface area contributed by atoms with Gasteiger partial charge in [0, 0.05) is 48.0 Å². The van der Waals surface area contributed by atoms with E-state index in [1.54, 1.807) is 26.0 Å². The van der Waals surface area contributed by atoms with Crippen molar-refractivity contribution >= 4 is 55.2 Å². The Bertz CT molecular complexity index is 3220. The number of fused-ring (bicyclic) bond motifs is 5. The molecule has 1 saturated carbocycles. The zero-order valence-electron chi connectivity index (χ0n) is 33.4. The number of hydrogen-bond donors (Lipinski definition) is 2. The van der Waals surface area contributed by atoms with Crippen molar-refractivity contribution in [1.29, 1.82) is 0 Å². The van der Waals surface area contributed by atoms with Crippen molar-refractivity contribution in [2.75, 3.05) is 11.0 Å². The summed E-state index contributed by atoms with van der Waals surface area (Å²) in [5, 5.41) is 10.8. The number of aryl methyl sites for hydroxylation is 3. The summed E-state index contributed by atoms with van der Waals surface area (Å²) in [6.07, 6.45) is -2.79. The van der Waals surface area contributed by atoms with Crippen LogP contribution in [0.5, 0.6) is 0 Å². The van der Waals surface area contributed by atoms with Crippen LogP contribution >= 0.6 is 11.6 Å². The molecule has 7 aromatic rings. The molecule has 3 atom stereocenters. The lowest BCUT2D eigenvalue weighted by molar-refractivity contribution is -0.123. The normalized spacial score (nSPS) is 17.0. The molecule has 0 bridgehead atoms. The summed E-state index contributed by atoms with van der Waals surface area (Å²) < 4.78 is 119. The van der Waals surface area contributed by atoms with E-state index in [0.29, 0.717) is 33.5 Å². The van der Waals surface area contributed by atoms with Crippen molar-refractivity contribution in [2.45, 2.75) is 57.5 Å². The molecule has 1 amide bonds. The maximum absolute atomic E-state index is 15.5. The quantitative estimate of drug-likeness (QED) is 0.129. The molecule has 3 aromatic carbocycles. The van der Waals surface area contributed by atoms with Gasteiger partial charge < -0.3 is 5.32 Å². The van der Waals surface area contributed by atoms with Crippen LogP contribution in [0, 0.1) is 31.4 Å². The van der Waals surface area contributed by atoms with Gasteiger partial charge in [-0.1, -0.05) is 17.7 Å². The number of halogens is 7. The Kier molecular flexibility index (Phi) is 9.92. The van der Waals surface area contributed by atoms with Crippen molar-refractivity contribution in [1.82, 2.24) is 44.4 Å². The Morgan fingerprint density at radius 1 is 0.984 bits per heavy atom. The highest BCUT2D eigenvalue weighted by Gasteiger charge is 2.67. The molecule has 2 aliphatic carbocycles. The number of sulfonamides is 1. The standard InChI is InChI=1S/C41H33ClF6N10O4S/c1-17-9-18(2)50-37(49-17)20-5-6-23-27(13-20)52-39(58(40(23)60)29-8-7-26(42)32-34(29)56(3)54-38(32)55-63(4,61)62)28(12-19-10-21(43)14-22(44)11-19)51-30(59)16-57-35-31(33(53-57)36(45)46)24-15-25(24)41(35,47)48/h5-11,13-14,24-25,28,36H,12,15-16H2,1-4H3,(H,51,59)(H,54,55)/t24-,25+,28?/m0/s1. The van der Waals surface area contributed by atoms with Crippen LogP contribution in [0.4, 0.5) is 32.2 Å². The molecule has 1 unspecified atom stereocenters. The molecule has 0 spiro atoms. The van der Waals surface area contributed by atoms with E-state index < -0.39 is 87.7 Å². The summed E-state index contributed by atoms with van der Waals surface area (Å²) in [6.45, 7) is 2.56. The minimum Gasteiger partial charge on any atom is -0.344 e. The molecule has 9 rings (SSSR count). The van der Waals surface area contributed by atoms with Crippen LogP contribution in [0.3, 0.4) is 0 Å². The Morgan fingerprint density at radius 2 is 1.68 bits per heavy atom. The minimum absolute atomic E-state index is 0.00714. The molecule has 0 aliphatic heterocycles. The number of rotatable bonds is 11. The monoisotopic (exact) mass is 910 g/mol. The van der Waals surface area contributed by atoms with Gasteiger partial charge in [0.25, 0.3) is 17.9 Å². The summed E-state index contributed by atoms with van der Waals surface area (Å²) in [7, 11) is -2.46. The lowest BCUT2D eigenvalue weighted by Crippen LogP contribution is -2.38. The number of benzene rings is 3. The number of amides is 1. The van der Waals surface area contributed by atoms with E-state index in [9.17, 15) is 30.8 Å². The van der Waals surface area contributed by atoms with Gasteiger partial charge in [-0.05, 0) is 74.2 Å². The summed E-state index contributed by atoms with van der Waals surface area (Å²) in [5.41, 5.74) is -0.814. The molecule has 63 heavy (non-hydrogen) atoms. The zero-order chi connectivity index (χ0) is 45.0. The fourth-order valence-electron chi connectivity index (χ4n) is 8.57. The first-order chi connectivity index (χ1) is 29.7. The molecule has 1 fully saturated rings.